The number of aryl methyl sites for hydroxylation is 1. The topological polar surface area (TPSA) is 95.4 Å². The van der Waals surface area contributed by atoms with Crippen LogP contribution in [0.3, 0.4) is 0 Å². The molecule has 0 unspecified atom stereocenters. The van der Waals surface area contributed by atoms with Crippen LogP contribution in [0.25, 0.3) is 11.4 Å². The molecule has 0 atom stereocenters. The minimum atomic E-state index is -0.375. The number of rotatable bonds is 4. The predicted molar refractivity (Wildman–Crippen MR) is 103 cm³/mol. The van der Waals surface area contributed by atoms with Crippen molar-refractivity contribution in [2.75, 3.05) is 12.9 Å². The maximum Gasteiger partial charge on any atom is 0.272 e. The maximum absolute atomic E-state index is 11.2. The summed E-state index contributed by atoms with van der Waals surface area (Å²) in [5.74, 6) is 1.80. The van der Waals surface area contributed by atoms with Crippen molar-refractivity contribution in [3.63, 3.8) is 0 Å². The molecule has 9 heteroatoms. The number of fused-ring (bicyclic) bond motifs is 1. The summed E-state index contributed by atoms with van der Waals surface area (Å²) >= 11 is 1.49. The SMILES string of the molecule is COc1ccccc1-c1nnc2n1N=C(c1ccc(C)c([N+](=O)[O-])c1)CS2. The Bertz CT molecular complexity index is 1080. The lowest BCUT2D eigenvalue weighted by atomic mass is 10.1. The van der Waals surface area contributed by atoms with E-state index in [4.69, 9.17) is 4.74 Å². The molecular weight excluding hydrogens is 366 g/mol. The van der Waals surface area contributed by atoms with Crippen molar-refractivity contribution < 1.29 is 9.66 Å². The van der Waals surface area contributed by atoms with Crippen LogP contribution in [0.1, 0.15) is 11.1 Å². The molecule has 1 aliphatic heterocycles. The van der Waals surface area contributed by atoms with Crippen molar-refractivity contribution in [2.45, 2.75) is 12.1 Å². The third-order valence-corrected chi connectivity index (χ3v) is 5.19. The van der Waals surface area contributed by atoms with Gasteiger partial charge in [0.25, 0.3) is 5.69 Å². The minimum absolute atomic E-state index is 0.0831. The number of nitrogens with zero attached hydrogens (tertiary/aromatic N) is 5. The van der Waals surface area contributed by atoms with E-state index in [0.717, 1.165) is 11.3 Å². The molecule has 0 spiro atoms. The molecule has 2 aromatic carbocycles. The Balaban J connectivity index is 1.81. The molecule has 0 N–H and O–H groups in total. The van der Waals surface area contributed by atoms with Crippen LogP contribution in [-0.2, 0) is 0 Å². The fourth-order valence-electron chi connectivity index (χ4n) is 2.85. The van der Waals surface area contributed by atoms with Crippen LogP contribution in [0.5, 0.6) is 5.75 Å². The Morgan fingerprint density at radius 2 is 2.04 bits per heavy atom. The van der Waals surface area contributed by atoms with E-state index >= 15 is 0 Å². The normalized spacial score (nSPS) is 13.0. The molecule has 2 heterocycles. The number of nitro groups is 1. The van der Waals surface area contributed by atoms with E-state index in [-0.39, 0.29) is 10.6 Å². The summed E-state index contributed by atoms with van der Waals surface area (Å²) in [4.78, 5) is 10.9. The monoisotopic (exact) mass is 381 g/mol. The molecule has 0 radical (unpaired) electrons. The maximum atomic E-state index is 11.2. The van der Waals surface area contributed by atoms with Gasteiger partial charge in [0.15, 0.2) is 5.82 Å². The number of nitro benzene ring substituents is 1. The van der Waals surface area contributed by atoms with Gasteiger partial charge in [-0.3, -0.25) is 10.1 Å². The first-order valence-corrected chi connectivity index (χ1v) is 9.12. The van der Waals surface area contributed by atoms with Crippen molar-refractivity contribution in [2.24, 2.45) is 5.10 Å². The summed E-state index contributed by atoms with van der Waals surface area (Å²) in [6.07, 6.45) is 0. The Hall–Kier alpha value is -3.20. The molecule has 0 saturated carbocycles. The molecule has 1 aromatic heterocycles. The predicted octanol–water partition coefficient (Wildman–Crippen LogP) is 3.53. The molecule has 0 amide bonds. The van der Waals surface area contributed by atoms with E-state index in [1.54, 1.807) is 30.8 Å². The van der Waals surface area contributed by atoms with Crippen LogP contribution in [0.2, 0.25) is 0 Å². The Morgan fingerprint density at radius 1 is 1.22 bits per heavy atom. The fourth-order valence-corrected chi connectivity index (χ4v) is 3.69. The highest BCUT2D eigenvalue weighted by Gasteiger charge is 2.23. The molecule has 0 saturated heterocycles. The first-order valence-electron chi connectivity index (χ1n) is 8.13. The lowest BCUT2D eigenvalue weighted by molar-refractivity contribution is -0.385. The van der Waals surface area contributed by atoms with Gasteiger partial charge in [0.05, 0.1) is 23.3 Å². The van der Waals surface area contributed by atoms with Gasteiger partial charge in [-0.25, -0.2) is 0 Å². The van der Waals surface area contributed by atoms with Crippen molar-refractivity contribution in [1.82, 2.24) is 14.9 Å². The standard InChI is InChI=1S/C18H15N5O3S/c1-11-7-8-12(9-15(11)23(24)25)14-10-27-18-20-19-17(22(18)21-14)13-5-3-4-6-16(13)26-2/h3-9H,10H2,1-2H3. The van der Waals surface area contributed by atoms with E-state index in [0.29, 0.717) is 33.6 Å². The van der Waals surface area contributed by atoms with Crippen molar-refractivity contribution >= 4 is 23.2 Å². The molecule has 0 fully saturated rings. The number of methoxy groups -OCH3 is 1. The van der Waals surface area contributed by atoms with E-state index < -0.39 is 0 Å². The first kappa shape index (κ1) is 17.2. The Morgan fingerprint density at radius 3 is 2.81 bits per heavy atom. The molecule has 3 aromatic rings. The van der Waals surface area contributed by atoms with E-state index in [1.165, 1.54) is 11.8 Å². The number of benzene rings is 2. The van der Waals surface area contributed by atoms with Gasteiger partial charge in [-0.15, -0.1) is 10.2 Å². The Kier molecular flexibility index (Phi) is 4.36. The lowest BCUT2D eigenvalue weighted by Gasteiger charge is -2.15. The van der Waals surface area contributed by atoms with Crippen LogP contribution in [-0.4, -0.2) is 38.4 Å². The summed E-state index contributed by atoms with van der Waals surface area (Å²) in [7, 11) is 1.60. The summed E-state index contributed by atoms with van der Waals surface area (Å²) in [5.41, 5.74) is 2.92. The summed E-state index contributed by atoms with van der Waals surface area (Å²) in [5, 5.41) is 25.0. The largest absolute Gasteiger partial charge is 0.496 e. The number of aromatic nitrogens is 3. The van der Waals surface area contributed by atoms with Crippen molar-refractivity contribution in [3.8, 4) is 17.1 Å². The van der Waals surface area contributed by atoms with Crippen LogP contribution >= 0.6 is 11.8 Å². The van der Waals surface area contributed by atoms with Gasteiger partial charge in [0.2, 0.25) is 5.16 Å². The molecule has 4 rings (SSSR count). The van der Waals surface area contributed by atoms with Gasteiger partial charge in [-0.05, 0) is 19.1 Å². The van der Waals surface area contributed by atoms with E-state index in [2.05, 4.69) is 15.3 Å². The zero-order valence-electron chi connectivity index (χ0n) is 14.6. The highest BCUT2D eigenvalue weighted by molar-refractivity contribution is 7.99. The number of thioether (sulfide) groups is 1. The second-order valence-corrected chi connectivity index (χ2v) is 6.85. The molecule has 136 valence electrons. The summed E-state index contributed by atoms with van der Waals surface area (Å²) in [6.45, 7) is 1.72. The molecule has 1 aliphatic rings. The van der Waals surface area contributed by atoms with Gasteiger partial charge in [-0.1, -0.05) is 36.0 Å². The molecule has 0 aliphatic carbocycles. The summed E-state index contributed by atoms with van der Waals surface area (Å²) in [6, 6.07) is 12.7. The van der Waals surface area contributed by atoms with Gasteiger partial charge >= 0.3 is 0 Å². The van der Waals surface area contributed by atoms with E-state index in [9.17, 15) is 10.1 Å². The smallest absolute Gasteiger partial charge is 0.272 e. The van der Waals surface area contributed by atoms with E-state index in [1.807, 2.05) is 30.3 Å². The van der Waals surface area contributed by atoms with Crippen LogP contribution in [0.15, 0.2) is 52.7 Å². The fraction of sp³-hybridized carbons (Fsp3) is 0.167. The second kappa shape index (κ2) is 6.84. The third-order valence-electron chi connectivity index (χ3n) is 4.26. The number of hydrogen-bond donors (Lipinski definition) is 0. The summed E-state index contributed by atoms with van der Waals surface area (Å²) < 4.78 is 7.08. The highest BCUT2D eigenvalue weighted by atomic mass is 32.2. The molecule has 0 bridgehead atoms. The first-order chi connectivity index (χ1) is 13.1. The number of para-hydroxylation sites is 1. The highest BCUT2D eigenvalue weighted by Crippen LogP contribution is 2.33. The molecule has 8 nitrogen and oxygen atoms in total. The molecule has 27 heavy (non-hydrogen) atoms. The van der Waals surface area contributed by atoms with Gasteiger partial charge in [-0.2, -0.15) is 9.78 Å². The van der Waals surface area contributed by atoms with Crippen LogP contribution in [0, 0.1) is 17.0 Å². The average molecular weight is 381 g/mol. The molecular formula is C18H15N5O3S. The van der Waals surface area contributed by atoms with Gasteiger partial charge in [0.1, 0.15) is 5.75 Å². The quantitative estimate of drug-likeness (QED) is 0.507. The third kappa shape index (κ3) is 3.06. The minimum Gasteiger partial charge on any atom is -0.496 e. The van der Waals surface area contributed by atoms with Gasteiger partial charge < -0.3 is 4.74 Å². The number of hydrogen-bond acceptors (Lipinski definition) is 7. The number of ether oxygens (including phenoxy) is 1. The van der Waals surface area contributed by atoms with Crippen LogP contribution in [0.4, 0.5) is 5.69 Å². The van der Waals surface area contributed by atoms with Gasteiger partial charge in [0, 0.05) is 22.9 Å². The zero-order chi connectivity index (χ0) is 19.0. The van der Waals surface area contributed by atoms with Crippen LogP contribution < -0.4 is 4.74 Å². The second-order valence-electron chi connectivity index (χ2n) is 5.91. The van der Waals surface area contributed by atoms with Crippen molar-refractivity contribution in [3.05, 3.63) is 63.7 Å². The average Bonchev–Trinajstić information content (AvgIpc) is 3.11. The zero-order valence-corrected chi connectivity index (χ0v) is 15.4. The van der Waals surface area contributed by atoms with Crippen molar-refractivity contribution in [1.29, 1.82) is 0 Å². The lowest BCUT2D eigenvalue weighted by Crippen LogP contribution is -2.14. The Labute approximate surface area is 159 Å².